The standard InChI is InChI=1S/C16H20BrNS/c1-4-9-18-16(13-7-5-6-8-15(13)17)14-10-11(2)19-12(14)3/h5-8,10,16,18H,4,9H2,1-3H3. The van der Waals surface area contributed by atoms with Gasteiger partial charge >= 0.3 is 0 Å². The lowest BCUT2D eigenvalue weighted by molar-refractivity contribution is 0.596. The third-order valence-electron chi connectivity index (χ3n) is 3.21. The minimum absolute atomic E-state index is 0.278. The summed E-state index contributed by atoms with van der Waals surface area (Å²) in [6.45, 7) is 7.62. The summed E-state index contributed by atoms with van der Waals surface area (Å²) >= 11 is 5.56. The second-order valence-corrected chi connectivity index (χ2v) is 7.09. The van der Waals surface area contributed by atoms with Crippen molar-refractivity contribution >= 4 is 27.3 Å². The first kappa shape index (κ1) is 14.8. The van der Waals surface area contributed by atoms with Gasteiger partial charge < -0.3 is 5.32 Å². The highest BCUT2D eigenvalue weighted by Gasteiger charge is 2.19. The van der Waals surface area contributed by atoms with E-state index in [9.17, 15) is 0 Å². The van der Waals surface area contributed by atoms with Crippen molar-refractivity contribution < 1.29 is 0 Å². The van der Waals surface area contributed by atoms with Crippen LogP contribution < -0.4 is 5.32 Å². The lowest BCUT2D eigenvalue weighted by Gasteiger charge is -2.20. The highest BCUT2D eigenvalue weighted by Crippen LogP contribution is 2.33. The molecular weight excluding hydrogens is 318 g/mol. The maximum Gasteiger partial charge on any atom is 0.0598 e. The first-order valence-corrected chi connectivity index (χ1v) is 8.29. The fourth-order valence-corrected chi connectivity index (χ4v) is 3.80. The molecule has 19 heavy (non-hydrogen) atoms. The van der Waals surface area contributed by atoms with E-state index < -0.39 is 0 Å². The predicted octanol–water partition coefficient (Wildman–Crippen LogP) is 5.22. The minimum atomic E-state index is 0.278. The fourth-order valence-electron chi connectivity index (χ4n) is 2.32. The van der Waals surface area contributed by atoms with Gasteiger partial charge in [0.05, 0.1) is 6.04 Å². The Morgan fingerprint density at radius 2 is 1.95 bits per heavy atom. The second-order valence-electron chi connectivity index (χ2n) is 4.78. The monoisotopic (exact) mass is 337 g/mol. The molecule has 0 aliphatic rings. The van der Waals surface area contributed by atoms with Gasteiger partial charge in [0.2, 0.25) is 0 Å². The number of benzene rings is 1. The highest BCUT2D eigenvalue weighted by molar-refractivity contribution is 9.10. The molecule has 2 aromatic rings. The van der Waals surface area contributed by atoms with Gasteiger partial charge in [-0.15, -0.1) is 11.3 Å². The molecule has 0 spiro atoms. The third kappa shape index (κ3) is 3.47. The molecular formula is C16H20BrNS. The first-order chi connectivity index (χ1) is 9.13. The summed E-state index contributed by atoms with van der Waals surface area (Å²) in [6.07, 6.45) is 1.14. The molecule has 3 heteroatoms. The van der Waals surface area contributed by atoms with Crippen LogP contribution in [0.4, 0.5) is 0 Å². The third-order valence-corrected chi connectivity index (χ3v) is 4.91. The van der Waals surface area contributed by atoms with Crippen LogP contribution in [0.1, 0.15) is 40.3 Å². The fraction of sp³-hybridized carbons (Fsp3) is 0.375. The van der Waals surface area contributed by atoms with Crippen LogP contribution in [0.3, 0.4) is 0 Å². The van der Waals surface area contributed by atoms with Gasteiger partial charge in [0, 0.05) is 14.2 Å². The molecule has 1 unspecified atom stereocenters. The van der Waals surface area contributed by atoms with E-state index in [2.05, 4.69) is 72.3 Å². The van der Waals surface area contributed by atoms with E-state index in [0.717, 1.165) is 13.0 Å². The molecule has 0 bridgehead atoms. The molecule has 1 nitrogen and oxygen atoms in total. The van der Waals surface area contributed by atoms with E-state index in [1.807, 2.05) is 11.3 Å². The van der Waals surface area contributed by atoms with Crippen molar-refractivity contribution in [2.75, 3.05) is 6.54 Å². The van der Waals surface area contributed by atoms with E-state index >= 15 is 0 Å². The molecule has 1 aromatic carbocycles. The van der Waals surface area contributed by atoms with Gasteiger partial charge in [-0.25, -0.2) is 0 Å². The van der Waals surface area contributed by atoms with E-state index in [-0.39, 0.29) is 6.04 Å². The Morgan fingerprint density at radius 1 is 1.21 bits per heavy atom. The zero-order valence-corrected chi connectivity index (χ0v) is 14.1. The number of halogens is 1. The van der Waals surface area contributed by atoms with Crippen molar-refractivity contribution in [3.05, 3.63) is 55.7 Å². The van der Waals surface area contributed by atoms with Crippen LogP contribution in [-0.2, 0) is 0 Å². The number of hydrogen-bond acceptors (Lipinski definition) is 2. The molecule has 0 aliphatic heterocycles. The highest BCUT2D eigenvalue weighted by atomic mass is 79.9. The van der Waals surface area contributed by atoms with Gasteiger partial charge in [-0.1, -0.05) is 41.1 Å². The average Bonchev–Trinajstić information content (AvgIpc) is 2.71. The number of rotatable bonds is 5. The number of nitrogens with one attached hydrogen (secondary N) is 1. The van der Waals surface area contributed by atoms with Crippen molar-refractivity contribution in [2.24, 2.45) is 0 Å². The van der Waals surface area contributed by atoms with E-state index in [4.69, 9.17) is 0 Å². The summed E-state index contributed by atoms with van der Waals surface area (Å²) in [6, 6.07) is 11.1. The molecule has 0 amide bonds. The zero-order valence-electron chi connectivity index (χ0n) is 11.7. The molecule has 1 heterocycles. The van der Waals surface area contributed by atoms with Gasteiger partial charge in [-0.05, 0) is 50.1 Å². The van der Waals surface area contributed by atoms with Crippen molar-refractivity contribution in [1.82, 2.24) is 5.32 Å². The smallest absolute Gasteiger partial charge is 0.0598 e. The number of hydrogen-bond donors (Lipinski definition) is 1. The van der Waals surface area contributed by atoms with Crippen LogP contribution in [0.5, 0.6) is 0 Å². The summed E-state index contributed by atoms with van der Waals surface area (Å²) in [4.78, 5) is 2.78. The van der Waals surface area contributed by atoms with Crippen LogP contribution in [0.25, 0.3) is 0 Å². The molecule has 0 radical (unpaired) electrons. The Balaban J connectivity index is 2.41. The van der Waals surface area contributed by atoms with Crippen molar-refractivity contribution in [3.63, 3.8) is 0 Å². The van der Waals surface area contributed by atoms with E-state index in [0.29, 0.717) is 0 Å². The molecule has 0 saturated heterocycles. The van der Waals surface area contributed by atoms with Crippen LogP contribution in [-0.4, -0.2) is 6.54 Å². The molecule has 0 aliphatic carbocycles. The first-order valence-electron chi connectivity index (χ1n) is 6.68. The maximum absolute atomic E-state index is 3.68. The number of thiophene rings is 1. The molecule has 0 fully saturated rings. The molecule has 102 valence electrons. The molecule has 1 atom stereocenters. The summed E-state index contributed by atoms with van der Waals surface area (Å²) in [5.41, 5.74) is 2.72. The van der Waals surface area contributed by atoms with Gasteiger partial charge in [0.25, 0.3) is 0 Å². The van der Waals surface area contributed by atoms with Crippen LogP contribution >= 0.6 is 27.3 Å². The normalized spacial score (nSPS) is 12.6. The Morgan fingerprint density at radius 3 is 2.53 bits per heavy atom. The SMILES string of the molecule is CCCNC(c1ccccc1Br)c1cc(C)sc1C. The van der Waals surface area contributed by atoms with Gasteiger partial charge in [0.15, 0.2) is 0 Å². The molecule has 1 aromatic heterocycles. The average molecular weight is 338 g/mol. The van der Waals surface area contributed by atoms with Crippen LogP contribution in [0.15, 0.2) is 34.8 Å². The van der Waals surface area contributed by atoms with E-state index in [1.165, 1.54) is 25.4 Å². The Bertz CT molecular complexity index is 547. The van der Waals surface area contributed by atoms with Gasteiger partial charge in [-0.3, -0.25) is 0 Å². The summed E-state index contributed by atoms with van der Waals surface area (Å²) in [5.74, 6) is 0. The number of aryl methyl sites for hydroxylation is 2. The molecule has 1 N–H and O–H groups in total. The Kier molecular flexibility index (Phi) is 5.20. The van der Waals surface area contributed by atoms with E-state index in [1.54, 1.807) is 0 Å². The summed E-state index contributed by atoms with van der Waals surface area (Å²) in [7, 11) is 0. The second kappa shape index (κ2) is 6.69. The lowest BCUT2D eigenvalue weighted by Crippen LogP contribution is -2.23. The summed E-state index contributed by atoms with van der Waals surface area (Å²) in [5, 5.41) is 3.67. The topological polar surface area (TPSA) is 12.0 Å². The predicted molar refractivity (Wildman–Crippen MR) is 88.1 cm³/mol. The Labute approximate surface area is 128 Å². The maximum atomic E-state index is 3.68. The van der Waals surface area contributed by atoms with Gasteiger partial charge in [-0.2, -0.15) is 0 Å². The molecule has 2 rings (SSSR count). The molecule has 0 saturated carbocycles. The quantitative estimate of drug-likeness (QED) is 0.788. The van der Waals surface area contributed by atoms with Crippen molar-refractivity contribution in [3.8, 4) is 0 Å². The van der Waals surface area contributed by atoms with Crippen molar-refractivity contribution in [1.29, 1.82) is 0 Å². The Hall–Kier alpha value is -0.640. The van der Waals surface area contributed by atoms with Crippen LogP contribution in [0, 0.1) is 13.8 Å². The van der Waals surface area contributed by atoms with Crippen molar-refractivity contribution in [2.45, 2.75) is 33.2 Å². The lowest BCUT2D eigenvalue weighted by atomic mass is 9.99. The summed E-state index contributed by atoms with van der Waals surface area (Å²) < 4.78 is 1.17. The van der Waals surface area contributed by atoms with Crippen LogP contribution in [0.2, 0.25) is 0 Å². The largest absolute Gasteiger partial charge is 0.306 e. The minimum Gasteiger partial charge on any atom is -0.306 e. The van der Waals surface area contributed by atoms with Gasteiger partial charge in [0.1, 0.15) is 0 Å². The zero-order chi connectivity index (χ0) is 13.8.